The summed E-state index contributed by atoms with van der Waals surface area (Å²) in [6.45, 7) is 5.38. The Balaban J connectivity index is 2.08. The summed E-state index contributed by atoms with van der Waals surface area (Å²) >= 11 is 0. The van der Waals surface area contributed by atoms with Gasteiger partial charge in [-0.25, -0.2) is 8.42 Å². The van der Waals surface area contributed by atoms with Crippen LogP contribution < -0.4 is 10.0 Å². The zero-order valence-corrected chi connectivity index (χ0v) is 14.1. The fourth-order valence-electron chi connectivity index (χ4n) is 2.25. The van der Waals surface area contributed by atoms with Crippen molar-refractivity contribution in [3.8, 4) is 0 Å². The topological polar surface area (TPSA) is 75.3 Å². The number of carbonyl (C=O) groups excluding carboxylic acids is 1. The quantitative estimate of drug-likeness (QED) is 0.884. The van der Waals surface area contributed by atoms with Crippen LogP contribution in [-0.4, -0.2) is 20.4 Å². The van der Waals surface area contributed by atoms with E-state index in [4.69, 9.17) is 0 Å². The Morgan fingerprint density at radius 1 is 1.00 bits per heavy atom. The van der Waals surface area contributed by atoms with E-state index >= 15 is 0 Å². The van der Waals surface area contributed by atoms with Crippen molar-refractivity contribution >= 4 is 21.6 Å². The molecule has 0 bridgehead atoms. The number of hydrogen-bond acceptors (Lipinski definition) is 3. The Kier molecular flexibility index (Phi) is 5.18. The molecule has 2 aromatic carbocycles. The molecule has 0 aromatic heterocycles. The standard InChI is InChI=1S/C17H20N2O3S/c1-12-9-13(2)11-15(10-12)18-17(20)14(3)19-23(21,22)16-7-5-4-6-8-16/h4-11,14,19H,1-3H3,(H,18,20)/t14-/m0/s1. The molecule has 2 aromatic rings. The third-order valence-electron chi connectivity index (χ3n) is 3.27. The number of benzene rings is 2. The van der Waals surface area contributed by atoms with Gasteiger partial charge in [0, 0.05) is 5.69 Å². The normalized spacial score (nSPS) is 12.7. The van der Waals surface area contributed by atoms with Gasteiger partial charge < -0.3 is 5.32 Å². The average Bonchev–Trinajstić information content (AvgIpc) is 2.46. The molecule has 122 valence electrons. The first-order valence-electron chi connectivity index (χ1n) is 7.24. The minimum atomic E-state index is -3.72. The van der Waals surface area contributed by atoms with Gasteiger partial charge in [0.05, 0.1) is 10.9 Å². The molecule has 0 aliphatic rings. The molecule has 0 heterocycles. The summed E-state index contributed by atoms with van der Waals surface area (Å²) in [4.78, 5) is 12.3. The highest BCUT2D eigenvalue weighted by Crippen LogP contribution is 2.14. The lowest BCUT2D eigenvalue weighted by Crippen LogP contribution is -2.41. The molecule has 6 heteroatoms. The lowest BCUT2D eigenvalue weighted by Gasteiger charge is -2.15. The number of rotatable bonds is 5. The fraction of sp³-hybridized carbons (Fsp3) is 0.235. The maximum absolute atomic E-state index is 12.2. The van der Waals surface area contributed by atoms with Crippen molar-refractivity contribution in [3.05, 3.63) is 59.7 Å². The molecule has 0 saturated heterocycles. The van der Waals surface area contributed by atoms with Gasteiger partial charge in [0.25, 0.3) is 0 Å². The van der Waals surface area contributed by atoms with Crippen molar-refractivity contribution in [2.75, 3.05) is 5.32 Å². The van der Waals surface area contributed by atoms with Gasteiger partial charge in [0.1, 0.15) is 0 Å². The molecular formula is C17H20N2O3S. The largest absolute Gasteiger partial charge is 0.325 e. The Labute approximate surface area is 136 Å². The van der Waals surface area contributed by atoms with Crippen LogP contribution >= 0.6 is 0 Å². The van der Waals surface area contributed by atoms with Gasteiger partial charge in [0.15, 0.2) is 0 Å². The second-order valence-electron chi connectivity index (χ2n) is 5.52. The summed E-state index contributed by atoms with van der Waals surface area (Å²) in [6.07, 6.45) is 0. The highest BCUT2D eigenvalue weighted by Gasteiger charge is 2.21. The van der Waals surface area contributed by atoms with Crippen LogP contribution in [0.5, 0.6) is 0 Å². The van der Waals surface area contributed by atoms with E-state index in [0.717, 1.165) is 11.1 Å². The molecule has 1 atom stereocenters. The molecular weight excluding hydrogens is 312 g/mol. The summed E-state index contributed by atoms with van der Waals surface area (Å²) in [6, 6.07) is 12.7. The molecule has 2 N–H and O–H groups in total. The van der Waals surface area contributed by atoms with Gasteiger partial charge in [-0.05, 0) is 56.2 Å². The molecule has 5 nitrogen and oxygen atoms in total. The molecule has 2 rings (SSSR count). The number of hydrogen-bond donors (Lipinski definition) is 2. The zero-order valence-electron chi connectivity index (χ0n) is 13.3. The van der Waals surface area contributed by atoms with E-state index < -0.39 is 22.0 Å². The van der Waals surface area contributed by atoms with Gasteiger partial charge in [0.2, 0.25) is 15.9 Å². The lowest BCUT2D eigenvalue weighted by molar-refractivity contribution is -0.117. The molecule has 0 radical (unpaired) electrons. The van der Waals surface area contributed by atoms with E-state index in [1.54, 1.807) is 18.2 Å². The number of nitrogens with one attached hydrogen (secondary N) is 2. The van der Waals surface area contributed by atoms with Crippen molar-refractivity contribution in [3.63, 3.8) is 0 Å². The van der Waals surface area contributed by atoms with E-state index in [1.165, 1.54) is 19.1 Å². The maximum Gasteiger partial charge on any atom is 0.242 e. The van der Waals surface area contributed by atoms with Crippen LogP contribution in [0.25, 0.3) is 0 Å². The van der Waals surface area contributed by atoms with Crippen LogP contribution in [0.15, 0.2) is 53.4 Å². The summed E-state index contributed by atoms with van der Waals surface area (Å²) < 4.78 is 26.8. The van der Waals surface area contributed by atoms with Crippen molar-refractivity contribution in [2.45, 2.75) is 31.7 Å². The van der Waals surface area contributed by atoms with Gasteiger partial charge in [-0.3, -0.25) is 4.79 Å². The van der Waals surface area contributed by atoms with E-state index in [2.05, 4.69) is 10.0 Å². The Morgan fingerprint density at radius 3 is 2.13 bits per heavy atom. The van der Waals surface area contributed by atoms with Crippen LogP contribution in [0.1, 0.15) is 18.1 Å². The van der Waals surface area contributed by atoms with Crippen LogP contribution in [0.3, 0.4) is 0 Å². The highest BCUT2D eigenvalue weighted by molar-refractivity contribution is 7.89. The smallest absolute Gasteiger partial charge is 0.242 e. The molecule has 23 heavy (non-hydrogen) atoms. The van der Waals surface area contributed by atoms with Crippen molar-refractivity contribution in [1.29, 1.82) is 0 Å². The van der Waals surface area contributed by atoms with Crippen LogP contribution in [-0.2, 0) is 14.8 Å². The van der Waals surface area contributed by atoms with E-state index in [9.17, 15) is 13.2 Å². The molecule has 0 aliphatic carbocycles. The van der Waals surface area contributed by atoms with Gasteiger partial charge in [-0.2, -0.15) is 4.72 Å². The Hall–Kier alpha value is -2.18. The minimum absolute atomic E-state index is 0.131. The first-order chi connectivity index (χ1) is 10.8. The van der Waals surface area contributed by atoms with E-state index in [1.807, 2.05) is 32.0 Å². The van der Waals surface area contributed by atoms with Crippen molar-refractivity contribution in [1.82, 2.24) is 4.72 Å². The minimum Gasteiger partial charge on any atom is -0.325 e. The third-order valence-corrected chi connectivity index (χ3v) is 4.82. The number of aryl methyl sites for hydroxylation is 2. The highest BCUT2D eigenvalue weighted by atomic mass is 32.2. The number of amides is 1. The van der Waals surface area contributed by atoms with Crippen LogP contribution in [0.4, 0.5) is 5.69 Å². The monoisotopic (exact) mass is 332 g/mol. The number of sulfonamides is 1. The Bertz CT molecular complexity index is 782. The fourth-order valence-corrected chi connectivity index (χ4v) is 3.48. The summed E-state index contributed by atoms with van der Waals surface area (Å²) in [5.41, 5.74) is 2.70. The van der Waals surface area contributed by atoms with Crippen molar-refractivity contribution in [2.24, 2.45) is 0 Å². The first-order valence-corrected chi connectivity index (χ1v) is 8.73. The van der Waals surface area contributed by atoms with Crippen LogP contribution in [0, 0.1) is 13.8 Å². The van der Waals surface area contributed by atoms with E-state index in [-0.39, 0.29) is 4.90 Å². The molecule has 0 unspecified atom stereocenters. The second kappa shape index (κ2) is 6.93. The Morgan fingerprint density at radius 2 is 1.57 bits per heavy atom. The summed E-state index contributed by atoms with van der Waals surface area (Å²) in [5.74, 6) is -0.408. The molecule has 0 aliphatic heterocycles. The number of carbonyl (C=O) groups is 1. The van der Waals surface area contributed by atoms with Crippen molar-refractivity contribution < 1.29 is 13.2 Å². The lowest BCUT2D eigenvalue weighted by atomic mass is 10.1. The summed E-state index contributed by atoms with van der Waals surface area (Å²) in [7, 11) is -3.72. The maximum atomic E-state index is 12.2. The molecule has 0 spiro atoms. The predicted octanol–water partition coefficient (Wildman–Crippen LogP) is 2.61. The second-order valence-corrected chi connectivity index (χ2v) is 7.24. The van der Waals surface area contributed by atoms with Gasteiger partial charge in [-0.1, -0.05) is 24.3 Å². The van der Waals surface area contributed by atoms with Gasteiger partial charge >= 0.3 is 0 Å². The zero-order chi connectivity index (χ0) is 17.0. The predicted molar refractivity (Wildman–Crippen MR) is 90.8 cm³/mol. The van der Waals surface area contributed by atoms with Crippen LogP contribution in [0.2, 0.25) is 0 Å². The first kappa shape index (κ1) is 17.2. The molecule has 1 amide bonds. The van der Waals surface area contributed by atoms with Gasteiger partial charge in [-0.15, -0.1) is 0 Å². The van der Waals surface area contributed by atoms with E-state index in [0.29, 0.717) is 5.69 Å². The SMILES string of the molecule is Cc1cc(C)cc(NC(=O)[C@H](C)NS(=O)(=O)c2ccccc2)c1. The number of anilines is 1. The molecule has 0 saturated carbocycles. The third kappa shape index (κ3) is 4.64. The average molecular weight is 332 g/mol. The summed E-state index contributed by atoms with van der Waals surface area (Å²) in [5, 5.41) is 2.73. The molecule has 0 fully saturated rings.